The second kappa shape index (κ2) is 9.18. The zero-order chi connectivity index (χ0) is 19.9. The fourth-order valence-electron chi connectivity index (χ4n) is 2.68. The predicted octanol–water partition coefficient (Wildman–Crippen LogP) is 3.00. The van der Waals surface area contributed by atoms with Gasteiger partial charge in [-0.1, -0.05) is 59.8 Å². The van der Waals surface area contributed by atoms with E-state index in [0.717, 1.165) is 16.8 Å². The normalized spacial score (nSPS) is 10.5. The number of nitrogens with one attached hydrogen (secondary N) is 2. The van der Waals surface area contributed by atoms with Gasteiger partial charge in [0, 0.05) is 6.54 Å². The van der Waals surface area contributed by atoms with Crippen molar-refractivity contribution in [3.8, 4) is 5.69 Å². The van der Waals surface area contributed by atoms with Crippen molar-refractivity contribution in [2.24, 2.45) is 0 Å². The van der Waals surface area contributed by atoms with Gasteiger partial charge in [-0.25, -0.2) is 4.79 Å². The molecule has 0 atom stereocenters. The van der Waals surface area contributed by atoms with Crippen LogP contribution in [0.5, 0.6) is 0 Å². The number of carbonyl (C=O) groups is 2. The average Bonchev–Trinajstić information content (AvgIpc) is 3.14. The van der Waals surface area contributed by atoms with Crippen LogP contribution < -0.4 is 10.6 Å². The first-order valence-electron chi connectivity index (χ1n) is 8.75. The van der Waals surface area contributed by atoms with Gasteiger partial charge in [0.1, 0.15) is 6.33 Å². The molecule has 0 aliphatic heterocycles. The zero-order valence-corrected chi connectivity index (χ0v) is 16.5. The standard InChI is InChI=1S/C20H21N5O2S/c1-14-8-9-17(15(2)10-14)25-13-22-24-20(25)28-12-18(26)23-19(27)21-11-16-6-4-3-5-7-16/h3-10,13H,11-12H2,1-2H3,(H2,21,23,26,27). The molecular weight excluding hydrogens is 374 g/mol. The van der Waals surface area contributed by atoms with Crippen LogP contribution in [-0.4, -0.2) is 32.5 Å². The molecule has 0 radical (unpaired) electrons. The summed E-state index contributed by atoms with van der Waals surface area (Å²) in [5.74, 6) is -0.340. The Morgan fingerprint density at radius 3 is 2.64 bits per heavy atom. The monoisotopic (exact) mass is 395 g/mol. The van der Waals surface area contributed by atoms with Gasteiger partial charge in [0.25, 0.3) is 0 Å². The molecule has 0 aliphatic carbocycles. The van der Waals surface area contributed by atoms with Crippen molar-refractivity contribution < 1.29 is 9.59 Å². The number of rotatable bonds is 6. The van der Waals surface area contributed by atoms with E-state index < -0.39 is 11.9 Å². The second-order valence-corrected chi connectivity index (χ2v) is 7.22. The number of aromatic nitrogens is 3. The Morgan fingerprint density at radius 2 is 1.89 bits per heavy atom. The number of hydrogen-bond acceptors (Lipinski definition) is 5. The summed E-state index contributed by atoms with van der Waals surface area (Å²) in [6, 6.07) is 15.1. The molecule has 0 unspecified atom stereocenters. The Kier molecular flexibility index (Phi) is 6.44. The average molecular weight is 395 g/mol. The lowest BCUT2D eigenvalue weighted by Crippen LogP contribution is -2.39. The summed E-state index contributed by atoms with van der Waals surface area (Å²) in [4.78, 5) is 23.9. The second-order valence-electron chi connectivity index (χ2n) is 6.28. The third-order valence-corrected chi connectivity index (χ3v) is 4.95. The number of urea groups is 1. The van der Waals surface area contributed by atoms with Gasteiger partial charge in [0.05, 0.1) is 11.4 Å². The minimum Gasteiger partial charge on any atom is -0.334 e. The highest BCUT2D eigenvalue weighted by Gasteiger charge is 2.13. The zero-order valence-electron chi connectivity index (χ0n) is 15.7. The van der Waals surface area contributed by atoms with Gasteiger partial charge in [0.2, 0.25) is 5.91 Å². The minimum absolute atomic E-state index is 0.0579. The van der Waals surface area contributed by atoms with Crippen molar-refractivity contribution in [1.29, 1.82) is 0 Å². The Balaban J connectivity index is 1.52. The van der Waals surface area contributed by atoms with E-state index in [1.807, 2.05) is 60.9 Å². The van der Waals surface area contributed by atoms with Crippen LogP contribution in [0.2, 0.25) is 0 Å². The van der Waals surface area contributed by atoms with E-state index in [4.69, 9.17) is 0 Å². The maximum Gasteiger partial charge on any atom is 0.321 e. The van der Waals surface area contributed by atoms with Crippen molar-refractivity contribution in [3.63, 3.8) is 0 Å². The van der Waals surface area contributed by atoms with Crippen LogP contribution in [0.1, 0.15) is 16.7 Å². The highest BCUT2D eigenvalue weighted by atomic mass is 32.2. The Labute approximate surface area is 167 Å². The largest absolute Gasteiger partial charge is 0.334 e. The van der Waals surface area contributed by atoms with E-state index in [-0.39, 0.29) is 5.75 Å². The third-order valence-electron chi connectivity index (χ3n) is 4.01. The van der Waals surface area contributed by atoms with E-state index in [1.54, 1.807) is 6.33 Å². The maximum absolute atomic E-state index is 12.1. The van der Waals surface area contributed by atoms with E-state index in [0.29, 0.717) is 11.7 Å². The van der Waals surface area contributed by atoms with Gasteiger partial charge >= 0.3 is 6.03 Å². The Bertz CT molecular complexity index is 972. The quantitative estimate of drug-likeness (QED) is 0.627. The number of imide groups is 1. The predicted molar refractivity (Wildman–Crippen MR) is 108 cm³/mol. The fraction of sp³-hybridized carbons (Fsp3) is 0.200. The summed E-state index contributed by atoms with van der Waals surface area (Å²) in [5.41, 5.74) is 4.18. The summed E-state index contributed by atoms with van der Waals surface area (Å²) < 4.78 is 1.84. The molecule has 0 fully saturated rings. The molecule has 0 saturated heterocycles. The van der Waals surface area contributed by atoms with Crippen molar-refractivity contribution >= 4 is 23.7 Å². The lowest BCUT2D eigenvalue weighted by atomic mass is 10.1. The lowest BCUT2D eigenvalue weighted by molar-refractivity contribution is -0.117. The van der Waals surface area contributed by atoms with E-state index in [1.165, 1.54) is 17.3 Å². The highest BCUT2D eigenvalue weighted by Crippen LogP contribution is 2.22. The summed E-state index contributed by atoms with van der Waals surface area (Å²) in [7, 11) is 0. The first kappa shape index (κ1) is 19.6. The molecule has 3 rings (SSSR count). The van der Waals surface area contributed by atoms with Crippen molar-refractivity contribution in [1.82, 2.24) is 25.4 Å². The first-order chi connectivity index (χ1) is 13.5. The fourth-order valence-corrected chi connectivity index (χ4v) is 3.40. The molecule has 0 saturated carbocycles. The number of aryl methyl sites for hydroxylation is 2. The summed E-state index contributed by atoms with van der Waals surface area (Å²) in [6.45, 7) is 4.40. The van der Waals surface area contributed by atoms with Gasteiger partial charge in [-0.05, 0) is 31.0 Å². The summed E-state index contributed by atoms with van der Waals surface area (Å²) in [6.07, 6.45) is 1.62. The number of amides is 3. The topological polar surface area (TPSA) is 88.9 Å². The molecule has 2 aromatic carbocycles. The maximum atomic E-state index is 12.1. The Morgan fingerprint density at radius 1 is 1.11 bits per heavy atom. The van der Waals surface area contributed by atoms with Crippen molar-refractivity contribution in [2.75, 3.05) is 5.75 Å². The molecule has 1 aromatic heterocycles. The van der Waals surface area contributed by atoms with Crippen LogP contribution >= 0.6 is 11.8 Å². The number of thioether (sulfide) groups is 1. The van der Waals surface area contributed by atoms with Crippen LogP contribution in [0.25, 0.3) is 5.69 Å². The molecule has 1 heterocycles. The van der Waals surface area contributed by atoms with Gasteiger partial charge in [-0.3, -0.25) is 14.7 Å². The summed E-state index contributed by atoms with van der Waals surface area (Å²) in [5, 5.41) is 13.6. The minimum atomic E-state index is -0.523. The molecule has 3 amide bonds. The van der Waals surface area contributed by atoms with E-state index in [9.17, 15) is 9.59 Å². The molecule has 28 heavy (non-hydrogen) atoms. The smallest absolute Gasteiger partial charge is 0.321 e. The summed E-state index contributed by atoms with van der Waals surface area (Å²) >= 11 is 1.22. The number of benzene rings is 2. The molecule has 3 aromatic rings. The van der Waals surface area contributed by atoms with Crippen molar-refractivity contribution in [3.05, 3.63) is 71.5 Å². The number of hydrogen-bond donors (Lipinski definition) is 2. The number of nitrogens with zero attached hydrogens (tertiary/aromatic N) is 3. The van der Waals surface area contributed by atoms with Crippen LogP contribution in [-0.2, 0) is 11.3 Å². The molecule has 0 aliphatic rings. The molecule has 0 bridgehead atoms. The first-order valence-corrected chi connectivity index (χ1v) is 9.73. The SMILES string of the molecule is Cc1ccc(-n2cnnc2SCC(=O)NC(=O)NCc2ccccc2)c(C)c1. The molecule has 7 nitrogen and oxygen atoms in total. The third kappa shape index (κ3) is 5.20. The van der Waals surface area contributed by atoms with E-state index in [2.05, 4.69) is 26.9 Å². The molecule has 8 heteroatoms. The number of carbonyl (C=O) groups excluding carboxylic acids is 2. The van der Waals surface area contributed by atoms with E-state index >= 15 is 0 Å². The van der Waals surface area contributed by atoms with Gasteiger partial charge < -0.3 is 5.32 Å². The lowest BCUT2D eigenvalue weighted by Gasteiger charge is -2.10. The van der Waals surface area contributed by atoms with Crippen LogP contribution in [0, 0.1) is 13.8 Å². The molecule has 2 N–H and O–H groups in total. The van der Waals surface area contributed by atoms with Crippen LogP contribution in [0.4, 0.5) is 4.79 Å². The van der Waals surface area contributed by atoms with Crippen LogP contribution in [0.3, 0.4) is 0 Å². The van der Waals surface area contributed by atoms with Crippen LogP contribution in [0.15, 0.2) is 60.0 Å². The van der Waals surface area contributed by atoms with Gasteiger partial charge in [-0.2, -0.15) is 0 Å². The molecule has 0 spiro atoms. The van der Waals surface area contributed by atoms with Crippen molar-refractivity contribution in [2.45, 2.75) is 25.5 Å². The molecule has 144 valence electrons. The van der Waals surface area contributed by atoms with Gasteiger partial charge in [0.15, 0.2) is 5.16 Å². The highest BCUT2D eigenvalue weighted by molar-refractivity contribution is 7.99. The Hall–Kier alpha value is -3.13. The molecular formula is C20H21N5O2S. The van der Waals surface area contributed by atoms with Gasteiger partial charge in [-0.15, -0.1) is 10.2 Å².